The number of hydrogen-bond donors (Lipinski definition) is 1. The monoisotopic (exact) mass is 335 g/mol. The van der Waals surface area contributed by atoms with Crippen molar-refractivity contribution in [3.05, 3.63) is 51.4 Å². The number of rotatable bonds is 3. The zero-order valence-corrected chi connectivity index (χ0v) is 12.8. The molecular formula is C14H14BrN3O2. The number of ether oxygens (including phenoxy) is 1. The van der Waals surface area contributed by atoms with Crippen molar-refractivity contribution >= 4 is 27.7 Å². The number of nitrogens with two attached hydrogens (primary N) is 1. The molecule has 0 aliphatic rings. The minimum atomic E-state index is -0.519. The number of nitrogen functional groups attached to an aromatic ring is 1. The fraction of sp³-hybridized carbons (Fsp3) is 0.214. The Bertz CT molecular complexity index is 636. The second kappa shape index (κ2) is 6.00. The lowest BCUT2D eigenvalue weighted by molar-refractivity contribution is 0.0600. The summed E-state index contributed by atoms with van der Waals surface area (Å²) in [6.45, 7) is 1.72. The maximum atomic E-state index is 11.6. The van der Waals surface area contributed by atoms with Gasteiger partial charge in [-0.05, 0) is 24.6 Å². The Labute approximate surface area is 125 Å². The van der Waals surface area contributed by atoms with Crippen LogP contribution in [0, 0.1) is 6.92 Å². The lowest BCUT2D eigenvalue weighted by Crippen LogP contribution is -2.13. The van der Waals surface area contributed by atoms with Crippen molar-refractivity contribution in [1.82, 2.24) is 9.97 Å². The first-order valence-electron chi connectivity index (χ1n) is 5.97. The standard InChI is InChI=1S/C14H14BrN3O2/c1-8-12(14(19)20-2)13(16)18-11(17-8)7-9-4-3-5-10(15)6-9/h3-6H,7H2,1-2H3,(H2,16,17,18). The first kappa shape index (κ1) is 14.5. The normalized spacial score (nSPS) is 10.3. The van der Waals surface area contributed by atoms with E-state index in [-0.39, 0.29) is 11.4 Å². The van der Waals surface area contributed by atoms with Crippen LogP contribution in [0.3, 0.4) is 0 Å². The molecule has 104 valence electrons. The van der Waals surface area contributed by atoms with Crippen LogP contribution in [0.1, 0.15) is 27.4 Å². The average molecular weight is 336 g/mol. The van der Waals surface area contributed by atoms with Gasteiger partial charge in [0.05, 0.1) is 12.8 Å². The molecule has 2 N–H and O–H groups in total. The lowest BCUT2D eigenvalue weighted by atomic mass is 10.1. The van der Waals surface area contributed by atoms with E-state index < -0.39 is 5.97 Å². The fourth-order valence-corrected chi connectivity index (χ4v) is 2.36. The van der Waals surface area contributed by atoms with Crippen molar-refractivity contribution in [2.75, 3.05) is 12.8 Å². The molecule has 0 aliphatic heterocycles. The summed E-state index contributed by atoms with van der Waals surface area (Å²) in [7, 11) is 1.30. The zero-order valence-electron chi connectivity index (χ0n) is 11.2. The highest BCUT2D eigenvalue weighted by atomic mass is 79.9. The fourth-order valence-electron chi connectivity index (χ4n) is 1.92. The molecule has 0 radical (unpaired) electrons. The molecule has 1 aromatic carbocycles. The zero-order chi connectivity index (χ0) is 14.7. The predicted molar refractivity (Wildman–Crippen MR) is 79.5 cm³/mol. The van der Waals surface area contributed by atoms with Crippen LogP contribution in [-0.4, -0.2) is 23.0 Å². The largest absolute Gasteiger partial charge is 0.465 e. The van der Waals surface area contributed by atoms with Gasteiger partial charge in [0.1, 0.15) is 17.2 Å². The maximum absolute atomic E-state index is 11.6. The van der Waals surface area contributed by atoms with Gasteiger partial charge in [0.25, 0.3) is 0 Å². The highest BCUT2D eigenvalue weighted by molar-refractivity contribution is 9.10. The van der Waals surface area contributed by atoms with Crippen LogP contribution in [0.4, 0.5) is 5.82 Å². The van der Waals surface area contributed by atoms with Crippen molar-refractivity contribution in [2.45, 2.75) is 13.3 Å². The summed E-state index contributed by atoms with van der Waals surface area (Å²) in [6.07, 6.45) is 0.548. The molecule has 5 nitrogen and oxygen atoms in total. The summed E-state index contributed by atoms with van der Waals surface area (Å²) in [5.74, 6) is 0.203. The Balaban J connectivity index is 2.33. The average Bonchev–Trinajstić information content (AvgIpc) is 2.37. The Hall–Kier alpha value is -1.95. The molecule has 0 atom stereocenters. The molecule has 1 aromatic heterocycles. The first-order chi connectivity index (χ1) is 9.51. The van der Waals surface area contributed by atoms with E-state index in [9.17, 15) is 4.79 Å². The van der Waals surface area contributed by atoms with Gasteiger partial charge in [-0.1, -0.05) is 28.1 Å². The third-order valence-corrected chi connectivity index (χ3v) is 3.30. The van der Waals surface area contributed by atoms with Crippen molar-refractivity contribution in [3.63, 3.8) is 0 Å². The quantitative estimate of drug-likeness (QED) is 0.872. The van der Waals surface area contributed by atoms with Gasteiger partial charge in [0.2, 0.25) is 0 Å². The third kappa shape index (κ3) is 3.14. The van der Waals surface area contributed by atoms with Crippen molar-refractivity contribution in [3.8, 4) is 0 Å². The summed E-state index contributed by atoms with van der Waals surface area (Å²) < 4.78 is 5.66. The van der Waals surface area contributed by atoms with E-state index in [1.165, 1.54) is 7.11 Å². The molecule has 6 heteroatoms. The van der Waals surface area contributed by atoms with E-state index in [2.05, 4.69) is 30.6 Å². The molecule has 0 amide bonds. The van der Waals surface area contributed by atoms with Gasteiger partial charge in [-0.2, -0.15) is 0 Å². The topological polar surface area (TPSA) is 78.1 Å². The predicted octanol–water partition coefficient (Wildman–Crippen LogP) is 2.51. The Morgan fingerprint density at radius 3 is 2.75 bits per heavy atom. The van der Waals surface area contributed by atoms with E-state index in [4.69, 9.17) is 5.73 Å². The van der Waals surface area contributed by atoms with Gasteiger partial charge < -0.3 is 10.5 Å². The molecular weight excluding hydrogens is 322 g/mol. The molecule has 0 aliphatic carbocycles. The molecule has 0 unspecified atom stereocenters. The van der Waals surface area contributed by atoms with Crippen LogP contribution < -0.4 is 5.73 Å². The smallest absolute Gasteiger partial charge is 0.343 e. The summed E-state index contributed by atoms with van der Waals surface area (Å²) in [5, 5.41) is 0. The van der Waals surface area contributed by atoms with Gasteiger partial charge in [0.15, 0.2) is 0 Å². The van der Waals surface area contributed by atoms with Crippen LogP contribution in [0.2, 0.25) is 0 Å². The number of methoxy groups -OCH3 is 1. The molecule has 0 saturated carbocycles. The van der Waals surface area contributed by atoms with E-state index in [1.54, 1.807) is 6.92 Å². The number of halogens is 1. The number of hydrogen-bond acceptors (Lipinski definition) is 5. The SMILES string of the molecule is COC(=O)c1c(C)nc(Cc2cccc(Br)c2)nc1N. The number of nitrogens with zero attached hydrogens (tertiary/aromatic N) is 2. The number of carbonyl (C=O) groups is 1. The Morgan fingerprint density at radius 1 is 1.40 bits per heavy atom. The Morgan fingerprint density at radius 2 is 2.15 bits per heavy atom. The minimum Gasteiger partial charge on any atom is -0.465 e. The molecule has 0 saturated heterocycles. The Kier molecular flexibility index (Phi) is 4.34. The number of aryl methyl sites for hydroxylation is 1. The number of aromatic nitrogens is 2. The summed E-state index contributed by atoms with van der Waals surface area (Å²) >= 11 is 3.42. The number of anilines is 1. The number of benzene rings is 1. The van der Waals surface area contributed by atoms with Gasteiger partial charge in [-0.3, -0.25) is 0 Å². The molecule has 20 heavy (non-hydrogen) atoms. The molecule has 1 heterocycles. The van der Waals surface area contributed by atoms with E-state index in [1.807, 2.05) is 24.3 Å². The van der Waals surface area contributed by atoms with Crippen LogP contribution in [0.15, 0.2) is 28.7 Å². The van der Waals surface area contributed by atoms with Gasteiger partial charge in [-0.25, -0.2) is 14.8 Å². The second-order valence-electron chi connectivity index (χ2n) is 4.28. The van der Waals surface area contributed by atoms with Crippen LogP contribution in [0.5, 0.6) is 0 Å². The van der Waals surface area contributed by atoms with Crippen LogP contribution in [0.25, 0.3) is 0 Å². The maximum Gasteiger partial charge on any atom is 0.343 e. The molecule has 2 rings (SSSR count). The summed E-state index contributed by atoms with van der Waals surface area (Å²) in [4.78, 5) is 20.1. The first-order valence-corrected chi connectivity index (χ1v) is 6.76. The minimum absolute atomic E-state index is 0.148. The lowest BCUT2D eigenvalue weighted by Gasteiger charge is -2.09. The van der Waals surface area contributed by atoms with Crippen LogP contribution in [-0.2, 0) is 11.2 Å². The van der Waals surface area contributed by atoms with Gasteiger partial charge in [-0.15, -0.1) is 0 Å². The third-order valence-electron chi connectivity index (χ3n) is 2.81. The molecule has 0 fully saturated rings. The molecule has 0 spiro atoms. The molecule has 2 aromatic rings. The van der Waals surface area contributed by atoms with Crippen LogP contribution >= 0.6 is 15.9 Å². The summed E-state index contributed by atoms with van der Waals surface area (Å²) in [6, 6.07) is 7.86. The van der Waals surface area contributed by atoms with E-state index >= 15 is 0 Å². The highest BCUT2D eigenvalue weighted by Crippen LogP contribution is 2.18. The van der Waals surface area contributed by atoms with E-state index in [0.29, 0.717) is 17.9 Å². The van der Waals surface area contributed by atoms with Gasteiger partial charge in [0, 0.05) is 10.9 Å². The number of carbonyl (C=O) groups excluding carboxylic acids is 1. The molecule has 0 bridgehead atoms. The second-order valence-corrected chi connectivity index (χ2v) is 5.20. The number of esters is 1. The van der Waals surface area contributed by atoms with Crippen molar-refractivity contribution < 1.29 is 9.53 Å². The highest BCUT2D eigenvalue weighted by Gasteiger charge is 2.17. The van der Waals surface area contributed by atoms with Crippen molar-refractivity contribution in [2.24, 2.45) is 0 Å². The van der Waals surface area contributed by atoms with Gasteiger partial charge >= 0.3 is 5.97 Å². The van der Waals surface area contributed by atoms with Crippen molar-refractivity contribution in [1.29, 1.82) is 0 Å². The summed E-state index contributed by atoms with van der Waals surface area (Å²) in [5.41, 5.74) is 7.63. The van der Waals surface area contributed by atoms with E-state index in [0.717, 1.165) is 10.0 Å².